The summed E-state index contributed by atoms with van der Waals surface area (Å²) in [4.78, 5) is 4.18. The molecular weight excluding hydrogens is 312 g/mol. The summed E-state index contributed by atoms with van der Waals surface area (Å²) in [5, 5.41) is 5.89. The molecule has 0 aliphatic carbocycles. The average molecular weight is 329 g/mol. The molecule has 0 aliphatic rings. The first-order valence-electron chi connectivity index (χ1n) is 6.54. The zero-order valence-corrected chi connectivity index (χ0v) is 13.4. The fourth-order valence-corrected chi connectivity index (χ4v) is 2.79. The van der Waals surface area contributed by atoms with Crippen molar-refractivity contribution in [1.29, 1.82) is 0 Å². The lowest BCUT2D eigenvalue weighted by molar-refractivity contribution is 0.292. The molecule has 0 unspecified atom stereocenters. The molecule has 2 aromatic rings. The van der Waals surface area contributed by atoms with Crippen molar-refractivity contribution in [3.05, 3.63) is 29.4 Å². The third-order valence-corrected chi connectivity index (χ3v) is 4.19. The maximum absolute atomic E-state index is 11.6. The average Bonchev–Trinajstić information content (AvgIpc) is 2.37. The summed E-state index contributed by atoms with van der Waals surface area (Å²) < 4.78 is 28.9. The standard InChI is InChI=1S/C14H17ClN2O3S/c1-9(2)7-8-20-11-4-5-12(21(16,18)19)10-3-6-13(15)17-14(10)11/h3-6,9H,7-8H2,1-2H3,(H2,16,18,19). The van der Waals surface area contributed by atoms with E-state index in [4.69, 9.17) is 21.5 Å². The van der Waals surface area contributed by atoms with E-state index < -0.39 is 10.0 Å². The van der Waals surface area contributed by atoms with Gasteiger partial charge in [0.25, 0.3) is 0 Å². The van der Waals surface area contributed by atoms with Crippen molar-refractivity contribution in [3.63, 3.8) is 0 Å². The number of pyridine rings is 1. The van der Waals surface area contributed by atoms with E-state index in [1.54, 1.807) is 12.1 Å². The van der Waals surface area contributed by atoms with E-state index in [1.165, 1.54) is 12.1 Å². The summed E-state index contributed by atoms with van der Waals surface area (Å²) in [6.45, 7) is 4.72. The Kier molecular flexibility index (Phi) is 4.70. The van der Waals surface area contributed by atoms with Gasteiger partial charge in [-0.05, 0) is 36.6 Å². The van der Waals surface area contributed by atoms with Gasteiger partial charge in [-0.3, -0.25) is 0 Å². The Morgan fingerprint density at radius 1 is 1.29 bits per heavy atom. The second-order valence-corrected chi connectivity index (χ2v) is 7.09. The van der Waals surface area contributed by atoms with Crippen LogP contribution in [0.5, 0.6) is 5.75 Å². The molecule has 0 atom stereocenters. The molecule has 7 heteroatoms. The van der Waals surface area contributed by atoms with E-state index in [0.29, 0.717) is 29.2 Å². The second kappa shape index (κ2) is 6.17. The molecule has 0 saturated carbocycles. The van der Waals surface area contributed by atoms with Crippen LogP contribution >= 0.6 is 11.6 Å². The normalized spacial score (nSPS) is 12.0. The van der Waals surface area contributed by atoms with Gasteiger partial charge < -0.3 is 4.74 Å². The number of hydrogen-bond donors (Lipinski definition) is 1. The van der Waals surface area contributed by atoms with Crippen LogP contribution in [-0.2, 0) is 10.0 Å². The van der Waals surface area contributed by atoms with E-state index in [0.717, 1.165) is 6.42 Å². The van der Waals surface area contributed by atoms with Gasteiger partial charge in [-0.2, -0.15) is 0 Å². The number of fused-ring (bicyclic) bond motifs is 1. The first kappa shape index (κ1) is 16.0. The van der Waals surface area contributed by atoms with Gasteiger partial charge in [0.2, 0.25) is 10.0 Å². The van der Waals surface area contributed by atoms with Crippen LogP contribution in [0.2, 0.25) is 5.15 Å². The predicted molar refractivity (Wildman–Crippen MR) is 83.1 cm³/mol. The molecular formula is C14H17ClN2O3S. The van der Waals surface area contributed by atoms with E-state index in [-0.39, 0.29) is 10.0 Å². The molecule has 2 N–H and O–H groups in total. The number of aromatic nitrogens is 1. The number of hydrogen-bond acceptors (Lipinski definition) is 4. The molecule has 1 aromatic heterocycles. The van der Waals surface area contributed by atoms with Crippen molar-refractivity contribution in [1.82, 2.24) is 4.98 Å². The molecule has 0 saturated heterocycles. The van der Waals surface area contributed by atoms with E-state index in [1.807, 2.05) is 0 Å². The highest BCUT2D eigenvalue weighted by atomic mass is 35.5. The SMILES string of the molecule is CC(C)CCOc1ccc(S(N)(=O)=O)c2ccc(Cl)nc12. The highest BCUT2D eigenvalue weighted by Crippen LogP contribution is 2.30. The Labute approximate surface area is 129 Å². The van der Waals surface area contributed by atoms with Crippen molar-refractivity contribution >= 4 is 32.5 Å². The number of ether oxygens (including phenoxy) is 1. The predicted octanol–water partition coefficient (Wildman–Crippen LogP) is 2.96. The summed E-state index contributed by atoms with van der Waals surface area (Å²) >= 11 is 5.89. The monoisotopic (exact) mass is 328 g/mol. The first-order valence-corrected chi connectivity index (χ1v) is 8.46. The molecule has 0 bridgehead atoms. The fraction of sp³-hybridized carbons (Fsp3) is 0.357. The maximum atomic E-state index is 11.6. The molecule has 0 aliphatic heterocycles. The summed E-state index contributed by atoms with van der Waals surface area (Å²) in [7, 11) is -3.83. The Bertz CT molecular complexity index is 760. The minimum Gasteiger partial charge on any atom is -0.491 e. The minimum atomic E-state index is -3.83. The van der Waals surface area contributed by atoms with Gasteiger partial charge in [-0.15, -0.1) is 0 Å². The molecule has 0 amide bonds. The quantitative estimate of drug-likeness (QED) is 0.855. The minimum absolute atomic E-state index is 0.0119. The number of rotatable bonds is 5. The van der Waals surface area contributed by atoms with Crippen molar-refractivity contribution in [2.45, 2.75) is 25.2 Å². The number of nitrogens with zero attached hydrogens (tertiary/aromatic N) is 1. The highest BCUT2D eigenvalue weighted by Gasteiger charge is 2.16. The van der Waals surface area contributed by atoms with Crippen LogP contribution in [0.1, 0.15) is 20.3 Å². The van der Waals surface area contributed by atoms with Crippen LogP contribution in [0.3, 0.4) is 0 Å². The van der Waals surface area contributed by atoms with Crippen LogP contribution in [0.25, 0.3) is 10.9 Å². The van der Waals surface area contributed by atoms with E-state index in [2.05, 4.69) is 18.8 Å². The first-order chi connectivity index (χ1) is 9.79. The summed E-state index contributed by atoms with van der Waals surface area (Å²) in [5.74, 6) is 1.01. The van der Waals surface area contributed by atoms with Crippen molar-refractivity contribution in [2.24, 2.45) is 11.1 Å². The van der Waals surface area contributed by atoms with Gasteiger partial charge in [-0.25, -0.2) is 18.5 Å². The largest absolute Gasteiger partial charge is 0.491 e. The molecule has 0 fully saturated rings. The molecule has 0 radical (unpaired) electrons. The number of halogens is 1. The highest BCUT2D eigenvalue weighted by molar-refractivity contribution is 7.89. The third-order valence-electron chi connectivity index (χ3n) is 3.01. The maximum Gasteiger partial charge on any atom is 0.238 e. The Hall–Kier alpha value is -1.37. The molecule has 1 aromatic carbocycles. The molecule has 1 heterocycles. The second-order valence-electron chi connectivity index (χ2n) is 5.17. The summed E-state index contributed by atoms with van der Waals surface area (Å²) in [5.41, 5.74) is 0.401. The number of sulfonamides is 1. The van der Waals surface area contributed by atoms with Gasteiger partial charge in [0.15, 0.2) is 0 Å². The van der Waals surface area contributed by atoms with Crippen molar-refractivity contribution < 1.29 is 13.2 Å². The van der Waals surface area contributed by atoms with Gasteiger partial charge in [0, 0.05) is 5.39 Å². The van der Waals surface area contributed by atoms with Crippen molar-refractivity contribution in [2.75, 3.05) is 6.61 Å². The summed E-state index contributed by atoms with van der Waals surface area (Å²) in [6.07, 6.45) is 0.888. The van der Waals surface area contributed by atoms with Crippen LogP contribution in [0, 0.1) is 5.92 Å². The lowest BCUT2D eigenvalue weighted by Crippen LogP contribution is -2.13. The summed E-state index contributed by atoms with van der Waals surface area (Å²) in [6, 6.07) is 6.10. The molecule has 114 valence electrons. The molecule has 2 rings (SSSR count). The Balaban J connectivity index is 2.51. The smallest absolute Gasteiger partial charge is 0.238 e. The zero-order chi connectivity index (χ0) is 15.6. The zero-order valence-electron chi connectivity index (χ0n) is 11.8. The molecule has 5 nitrogen and oxygen atoms in total. The van der Waals surface area contributed by atoms with Crippen LogP contribution in [0.4, 0.5) is 0 Å². The molecule has 0 spiro atoms. The van der Waals surface area contributed by atoms with E-state index >= 15 is 0 Å². The Morgan fingerprint density at radius 3 is 2.62 bits per heavy atom. The number of benzene rings is 1. The van der Waals surface area contributed by atoms with Gasteiger partial charge >= 0.3 is 0 Å². The third kappa shape index (κ3) is 3.84. The van der Waals surface area contributed by atoms with Gasteiger partial charge in [0.05, 0.1) is 11.5 Å². The van der Waals surface area contributed by atoms with Crippen molar-refractivity contribution in [3.8, 4) is 5.75 Å². The van der Waals surface area contributed by atoms with E-state index in [9.17, 15) is 8.42 Å². The molecule has 21 heavy (non-hydrogen) atoms. The number of nitrogens with two attached hydrogens (primary N) is 1. The fourth-order valence-electron chi connectivity index (χ4n) is 1.91. The van der Waals surface area contributed by atoms with Gasteiger partial charge in [0.1, 0.15) is 16.4 Å². The lowest BCUT2D eigenvalue weighted by atomic mass is 10.1. The number of primary sulfonamides is 1. The Morgan fingerprint density at radius 2 is 2.00 bits per heavy atom. The van der Waals surface area contributed by atoms with Crippen LogP contribution in [0.15, 0.2) is 29.2 Å². The van der Waals surface area contributed by atoms with Crippen LogP contribution < -0.4 is 9.88 Å². The lowest BCUT2D eigenvalue weighted by Gasteiger charge is -2.12. The van der Waals surface area contributed by atoms with Gasteiger partial charge in [-0.1, -0.05) is 25.4 Å². The topological polar surface area (TPSA) is 82.3 Å². The van der Waals surface area contributed by atoms with Crippen LogP contribution in [-0.4, -0.2) is 20.0 Å².